The second-order valence-corrected chi connectivity index (χ2v) is 7.06. The number of nitrogens with two attached hydrogens (primary N) is 1. The highest BCUT2D eigenvalue weighted by Gasteiger charge is 2.35. The monoisotopic (exact) mass is 332 g/mol. The third-order valence-corrected chi connectivity index (χ3v) is 5.44. The first kappa shape index (κ1) is 16.9. The number of carbonyl (C=O) groups is 2. The van der Waals surface area contributed by atoms with Crippen molar-refractivity contribution in [2.45, 2.75) is 44.6 Å². The molecule has 3 amide bonds. The van der Waals surface area contributed by atoms with Crippen molar-refractivity contribution in [1.29, 1.82) is 0 Å². The second-order valence-electron chi connectivity index (χ2n) is 7.06. The fourth-order valence-electron chi connectivity index (χ4n) is 4.11. The number of piperidine rings is 1. The van der Waals surface area contributed by atoms with Crippen LogP contribution in [0, 0.1) is 5.92 Å². The smallest absolute Gasteiger partial charge is 0.314 e. The molecule has 2 fully saturated rings. The molecule has 2 atom stereocenters. The fraction of sp³-hybridized carbons (Fsp3) is 0.667. The molecule has 0 saturated carbocycles. The topological polar surface area (TPSA) is 71.6 Å². The van der Waals surface area contributed by atoms with Gasteiger partial charge in [-0.25, -0.2) is 4.79 Å². The van der Waals surface area contributed by atoms with Gasteiger partial charge in [-0.2, -0.15) is 0 Å². The molecule has 0 radical (unpaired) electrons. The average molecular weight is 332 g/mol. The van der Waals surface area contributed by atoms with Gasteiger partial charge in [0.05, 0.1) is 12.0 Å². The highest BCUT2D eigenvalue weighted by molar-refractivity contribution is 5.81. The van der Waals surface area contributed by atoms with Crippen LogP contribution in [0.3, 0.4) is 0 Å². The van der Waals surface area contributed by atoms with Crippen LogP contribution in [-0.4, -0.2) is 45.9 Å². The second kappa shape index (κ2) is 7.28. The number of likely N-dealkylation sites (tertiary alicyclic amines) is 2. The lowest BCUT2D eigenvalue weighted by Gasteiger charge is -2.37. The number of aryl methyl sites for hydroxylation is 1. The van der Waals surface area contributed by atoms with E-state index in [1.165, 1.54) is 12.1 Å². The number of hydrogen-bond acceptors (Lipinski definition) is 2. The van der Waals surface area contributed by atoms with E-state index in [-0.39, 0.29) is 17.9 Å². The molecular weight excluding hydrogens is 304 g/mol. The summed E-state index contributed by atoms with van der Waals surface area (Å²) in [7, 11) is 2.04. The number of carbonyl (C=O) groups excluding carboxylic acids is 2. The zero-order valence-electron chi connectivity index (χ0n) is 14.5. The van der Waals surface area contributed by atoms with Gasteiger partial charge in [0.15, 0.2) is 0 Å². The predicted molar refractivity (Wildman–Crippen MR) is 92.2 cm³/mol. The van der Waals surface area contributed by atoms with Gasteiger partial charge in [-0.3, -0.25) is 4.79 Å². The lowest BCUT2D eigenvalue weighted by Crippen LogP contribution is -2.49. The molecule has 0 spiro atoms. The molecule has 2 aliphatic rings. The molecule has 2 N–H and O–H groups in total. The Kier molecular flexibility index (Phi) is 5.11. The summed E-state index contributed by atoms with van der Waals surface area (Å²) in [6.07, 6.45) is 8.12. The van der Waals surface area contributed by atoms with Gasteiger partial charge < -0.3 is 20.1 Å². The maximum Gasteiger partial charge on any atom is 0.314 e. The maximum absolute atomic E-state index is 13.2. The molecule has 6 nitrogen and oxygen atoms in total. The van der Waals surface area contributed by atoms with Crippen molar-refractivity contribution in [3.8, 4) is 0 Å². The van der Waals surface area contributed by atoms with Crippen molar-refractivity contribution in [3.05, 3.63) is 24.0 Å². The summed E-state index contributed by atoms with van der Waals surface area (Å²) < 4.78 is 2.12. The Labute approximate surface area is 143 Å². The van der Waals surface area contributed by atoms with Crippen molar-refractivity contribution < 1.29 is 9.59 Å². The first-order valence-corrected chi connectivity index (χ1v) is 9.04. The van der Waals surface area contributed by atoms with E-state index in [1.54, 1.807) is 4.90 Å². The number of nitrogens with zero attached hydrogens (tertiary/aromatic N) is 3. The van der Waals surface area contributed by atoms with Crippen molar-refractivity contribution in [3.63, 3.8) is 0 Å². The van der Waals surface area contributed by atoms with Gasteiger partial charge in [-0.05, 0) is 37.8 Å². The zero-order valence-corrected chi connectivity index (χ0v) is 14.5. The van der Waals surface area contributed by atoms with Crippen LogP contribution in [0.4, 0.5) is 4.79 Å². The van der Waals surface area contributed by atoms with Gasteiger partial charge in [0.2, 0.25) is 5.91 Å². The minimum absolute atomic E-state index is 0.118. The van der Waals surface area contributed by atoms with Crippen LogP contribution in [0.2, 0.25) is 0 Å². The van der Waals surface area contributed by atoms with Crippen LogP contribution in [0.1, 0.15) is 50.3 Å². The molecule has 2 saturated heterocycles. The van der Waals surface area contributed by atoms with E-state index in [0.29, 0.717) is 13.1 Å². The molecule has 0 unspecified atom stereocenters. The molecule has 3 heterocycles. The summed E-state index contributed by atoms with van der Waals surface area (Å²) in [5, 5.41) is 0. The lowest BCUT2D eigenvalue weighted by molar-refractivity contribution is -0.139. The van der Waals surface area contributed by atoms with E-state index in [1.807, 2.05) is 19.3 Å². The van der Waals surface area contributed by atoms with Crippen molar-refractivity contribution >= 4 is 11.9 Å². The Morgan fingerprint density at radius 2 is 1.96 bits per heavy atom. The first-order valence-electron chi connectivity index (χ1n) is 9.04. The average Bonchev–Trinajstić information content (AvgIpc) is 2.86. The van der Waals surface area contributed by atoms with Crippen LogP contribution in [-0.2, 0) is 11.8 Å². The van der Waals surface area contributed by atoms with Crippen LogP contribution in [0.25, 0.3) is 0 Å². The summed E-state index contributed by atoms with van der Waals surface area (Å²) >= 11 is 0. The van der Waals surface area contributed by atoms with E-state index in [0.717, 1.165) is 38.6 Å². The molecule has 0 bridgehead atoms. The van der Waals surface area contributed by atoms with Gasteiger partial charge >= 0.3 is 6.03 Å². The SMILES string of the molecule is Cn1cccc1[C@H]1CCCCCN1C(=O)[C@@H]1CCCN(C(N)=O)C1. The Balaban J connectivity index is 1.79. The summed E-state index contributed by atoms with van der Waals surface area (Å²) in [5.74, 6) is 0.0705. The van der Waals surface area contributed by atoms with Crippen LogP contribution >= 0.6 is 0 Å². The quantitative estimate of drug-likeness (QED) is 0.902. The third kappa shape index (κ3) is 3.42. The molecule has 2 aliphatic heterocycles. The summed E-state index contributed by atoms with van der Waals surface area (Å²) in [4.78, 5) is 28.4. The van der Waals surface area contributed by atoms with Gasteiger partial charge in [-0.1, -0.05) is 12.8 Å². The maximum atomic E-state index is 13.2. The number of amides is 3. The molecule has 132 valence electrons. The Morgan fingerprint density at radius 1 is 1.12 bits per heavy atom. The van der Waals surface area contributed by atoms with E-state index in [9.17, 15) is 9.59 Å². The molecule has 1 aromatic heterocycles. The minimum Gasteiger partial charge on any atom is -0.353 e. The molecule has 6 heteroatoms. The molecule has 1 aromatic rings. The van der Waals surface area contributed by atoms with Crippen molar-refractivity contribution in [2.75, 3.05) is 19.6 Å². The third-order valence-electron chi connectivity index (χ3n) is 5.44. The van der Waals surface area contributed by atoms with Gasteiger partial charge in [0.25, 0.3) is 0 Å². The van der Waals surface area contributed by atoms with Crippen molar-refractivity contribution in [2.24, 2.45) is 18.7 Å². The van der Waals surface area contributed by atoms with E-state index in [2.05, 4.69) is 15.5 Å². The minimum atomic E-state index is -0.414. The van der Waals surface area contributed by atoms with Gasteiger partial charge in [0.1, 0.15) is 0 Å². The number of aromatic nitrogens is 1. The normalized spacial score (nSPS) is 25.4. The number of rotatable bonds is 2. The largest absolute Gasteiger partial charge is 0.353 e. The number of primary amides is 1. The molecule has 0 aromatic carbocycles. The standard InChI is InChI=1S/C18H28N4O2/c1-20-10-6-9-15(20)16-8-3-2-4-12-22(16)17(23)14-7-5-11-21(13-14)18(19)24/h6,9-10,14,16H,2-5,7-8,11-13H2,1H3,(H2,19,24)/t14-,16-/m1/s1. The lowest BCUT2D eigenvalue weighted by atomic mass is 9.95. The highest BCUT2D eigenvalue weighted by Crippen LogP contribution is 2.32. The van der Waals surface area contributed by atoms with Crippen LogP contribution in [0.5, 0.6) is 0 Å². The molecule has 3 rings (SSSR count). The molecule has 0 aliphatic carbocycles. The predicted octanol–water partition coefficient (Wildman–Crippen LogP) is 2.26. The van der Waals surface area contributed by atoms with E-state index in [4.69, 9.17) is 5.73 Å². The van der Waals surface area contributed by atoms with Crippen LogP contribution < -0.4 is 5.73 Å². The fourth-order valence-corrected chi connectivity index (χ4v) is 4.11. The first-order chi connectivity index (χ1) is 11.6. The highest BCUT2D eigenvalue weighted by atomic mass is 16.2. The Morgan fingerprint density at radius 3 is 2.67 bits per heavy atom. The summed E-state index contributed by atoms with van der Waals surface area (Å²) in [6, 6.07) is 3.89. The zero-order chi connectivity index (χ0) is 17.1. The van der Waals surface area contributed by atoms with E-state index >= 15 is 0 Å². The van der Waals surface area contributed by atoms with Crippen molar-refractivity contribution in [1.82, 2.24) is 14.4 Å². The molecule has 24 heavy (non-hydrogen) atoms. The van der Waals surface area contributed by atoms with Gasteiger partial charge in [-0.15, -0.1) is 0 Å². The van der Waals surface area contributed by atoms with E-state index < -0.39 is 6.03 Å². The summed E-state index contributed by atoms with van der Waals surface area (Å²) in [5.41, 5.74) is 6.62. The molecular formula is C18H28N4O2. The summed E-state index contributed by atoms with van der Waals surface area (Å²) in [6.45, 7) is 1.94. The number of urea groups is 1. The Hall–Kier alpha value is -1.98. The van der Waals surface area contributed by atoms with Crippen LogP contribution in [0.15, 0.2) is 18.3 Å². The van der Waals surface area contributed by atoms with Gasteiger partial charge in [0, 0.05) is 38.6 Å². The number of hydrogen-bond donors (Lipinski definition) is 1. The Bertz CT molecular complexity index is 598.